The Morgan fingerprint density at radius 3 is 2.47 bits per heavy atom. The average molecular weight is 443 g/mol. The lowest BCUT2D eigenvalue weighted by molar-refractivity contribution is 0.0954. The summed E-state index contributed by atoms with van der Waals surface area (Å²) in [7, 11) is 1.38. The van der Waals surface area contributed by atoms with E-state index in [0.29, 0.717) is 11.1 Å². The topological polar surface area (TPSA) is 88.0 Å². The molecule has 0 aliphatic rings. The Labute approximate surface area is 182 Å². The third-order valence-electron chi connectivity index (χ3n) is 4.20. The molecule has 30 heavy (non-hydrogen) atoms. The molecule has 2 N–H and O–H groups in total. The SMILES string of the molecule is COc1cc(C(=O)N/N=C/c2ccc(Cl)c(C(=O)c3ccccc3)c2Cl)ccc1O. The summed E-state index contributed by atoms with van der Waals surface area (Å²) in [4.78, 5) is 25.0. The number of benzene rings is 3. The first-order chi connectivity index (χ1) is 14.4. The third kappa shape index (κ3) is 4.62. The van der Waals surface area contributed by atoms with Crippen LogP contribution in [0.25, 0.3) is 0 Å². The Balaban J connectivity index is 1.81. The number of amides is 1. The minimum Gasteiger partial charge on any atom is -0.504 e. The molecule has 152 valence electrons. The van der Waals surface area contributed by atoms with Crippen molar-refractivity contribution in [3.63, 3.8) is 0 Å². The minimum atomic E-state index is -0.518. The molecule has 0 radical (unpaired) electrons. The van der Waals surface area contributed by atoms with Gasteiger partial charge in [-0.25, -0.2) is 5.43 Å². The summed E-state index contributed by atoms with van der Waals surface area (Å²) >= 11 is 12.6. The zero-order valence-electron chi connectivity index (χ0n) is 15.7. The fraction of sp³-hybridized carbons (Fsp3) is 0.0455. The lowest BCUT2D eigenvalue weighted by Gasteiger charge is -2.09. The van der Waals surface area contributed by atoms with Gasteiger partial charge in [-0.2, -0.15) is 5.10 Å². The minimum absolute atomic E-state index is 0.0823. The zero-order valence-corrected chi connectivity index (χ0v) is 17.2. The molecule has 0 atom stereocenters. The van der Waals surface area contributed by atoms with Crippen LogP contribution in [0.1, 0.15) is 31.8 Å². The number of nitrogens with one attached hydrogen (secondary N) is 1. The summed E-state index contributed by atoms with van der Waals surface area (Å²) in [6.45, 7) is 0. The number of phenolic OH excluding ortho intramolecular Hbond substituents is 1. The van der Waals surface area contributed by atoms with Crippen LogP contribution in [0.4, 0.5) is 0 Å². The van der Waals surface area contributed by atoms with Crippen LogP contribution in [-0.2, 0) is 0 Å². The Morgan fingerprint density at radius 2 is 1.77 bits per heavy atom. The number of hydrazone groups is 1. The van der Waals surface area contributed by atoms with E-state index in [1.807, 2.05) is 0 Å². The van der Waals surface area contributed by atoms with Crippen molar-refractivity contribution in [2.45, 2.75) is 0 Å². The van der Waals surface area contributed by atoms with Gasteiger partial charge in [0, 0.05) is 16.7 Å². The Morgan fingerprint density at radius 1 is 1.03 bits per heavy atom. The largest absolute Gasteiger partial charge is 0.504 e. The maximum absolute atomic E-state index is 12.8. The summed E-state index contributed by atoms with van der Waals surface area (Å²) < 4.78 is 4.98. The summed E-state index contributed by atoms with van der Waals surface area (Å²) in [5, 5.41) is 13.8. The number of carbonyl (C=O) groups excluding carboxylic acids is 2. The smallest absolute Gasteiger partial charge is 0.271 e. The van der Waals surface area contributed by atoms with Crippen molar-refractivity contribution in [1.82, 2.24) is 5.43 Å². The van der Waals surface area contributed by atoms with Gasteiger partial charge in [-0.3, -0.25) is 9.59 Å². The zero-order chi connectivity index (χ0) is 21.7. The van der Waals surface area contributed by atoms with Crippen LogP contribution in [0.5, 0.6) is 11.5 Å². The molecule has 0 saturated carbocycles. The molecule has 0 aromatic heterocycles. The van der Waals surface area contributed by atoms with Gasteiger partial charge in [-0.05, 0) is 24.3 Å². The fourth-order valence-corrected chi connectivity index (χ4v) is 3.25. The predicted octanol–water partition coefficient (Wildman–Crippen LogP) is 4.70. The number of methoxy groups -OCH3 is 1. The number of phenols is 1. The van der Waals surface area contributed by atoms with Crippen LogP contribution < -0.4 is 10.2 Å². The van der Waals surface area contributed by atoms with Gasteiger partial charge in [0.05, 0.1) is 28.9 Å². The fourth-order valence-electron chi connectivity index (χ4n) is 2.65. The number of hydrogen-bond acceptors (Lipinski definition) is 5. The Hall–Kier alpha value is -3.35. The third-order valence-corrected chi connectivity index (χ3v) is 4.92. The number of nitrogens with zero attached hydrogens (tertiary/aromatic N) is 1. The first kappa shape index (κ1) is 21.4. The number of hydrogen-bond donors (Lipinski definition) is 2. The highest BCUT2D eigenvalue weighted by Gasteiger charge is 2.18. The van der Waals surface area contributed by atoms with Gasteiger partial charge >= 0.3 is 0 Å². The molecule has 0 aliphatic heterocycles. The predicted molar refractivity (Wildman–Crippen MR) is 116 cm³/mol. The van der Waals surface area contributed by atoms with E-state index in [1.54, 1.807) is 36.4 Å². The van der Waals surface area contributed by atoms with Gasteiger partial charge in [0.1, 0.15) is 0 Å². The molecule has 3 aromatic rings. The lowest BCUT2D eigenvalue weighted by Crippen LogP contribution is -2.17. The van der Waals surface area contributed by atoms with Crippen molar-refractivity contribution < 1.29 is 19.4 Å². The van der Waals surface area contributed by atoms with Crippen LogP contribution >= 0.6 is 23.2 Å². The second-order valence-corrected chi connectivity index (χ2v) is 6.89. The van der Waals surface area contributed by atoms with E-state index in [-0.39, 0.29) is 38.5 Å². The van der Waals surface area contributed by atoms with Gasteiger partial charge in [-0.15, -0.1) is 0 Å². The van der Waals surface area contributed by atoms with Gasteiger partial charge in [-0.1, -0.05) is 59.6 Å². The van der Waals surface area contributed by atoms with E-state index >= 15 is 0 Å². The first-order valence-corrected chi connectivity index (χ1v) is 9.46. The van der Waals surface area contributed by atoms with Gasteiger partial charge in [0.2, 0.25) is 0 Å². The van der Waals surface area contributed by atoms with E-state index in [1.165, 1.54) is 37.6 Å². The van der Waals surface area contributed by atoms with Crippen LogP contribution in [-0.4, -0.2) is 30.1 Å². The molecule has 3 aromatic carbocycles. The maximum Gasteiger partial charge on any atom is 0.271 e. The molecule has 0 saturated heterocycles. The first-order valence-electron chi connectivity index (χ1n) is 8.70. The van der Waals surface area contributed by atoms with E-state index in [4.69, 9.17) is 27.9 Å². The van der Waals surface area contributed by atoms with Crippen LogP contribution in [0.15, 0.2) is 65.8 Å². The van der Waals surface area contributed by atoms with Crippen molar-refractivity contribution in [2.75, 3.05) is 7.11 Å². The molecular weight excluding hydrogens is 427 g/mol. The monoisotopic (exact) mass is 442 g/mol. The molecule has 0 heterocycles. The summed E-state index contributed by atoms with van der Waals surface area (Å²) in [5.41, 5.74) is 3.61. The number of halogens is 2. The van der Waals surface area contributed by atoms with Crippen LogP contribution in [0.3, 0.4) is 0 Å². The van der Waals surface area contributed by atoms with Crippen molar-refractivity contribution >= 4 is 41.1 Å². The van der Waals surface area contributed by atoms with E-state index in [9.17, 15) is 14.7 Å². The molecule has 1 amide bonds. The highest BCUT2D eigenvalue weighted by molar-refractivity contribution is 6.42. The standard InChI is InChI=1S/C22H16Cl2N2O4/c1-30-18-11-14(8-10-17(18)27)22(29)26-25-12-15-7-9-16(23)19(20(15)24)21(28)13-5-3-2-4-6-13/h2-12,27H,1H3,(H,26,29)/b25-12+. The molecule has 0 unspecified atom stereocenters. The summed E-state index contributed by atoms with van der Waals surface area (Å²) in [6.07, 6.45) is 1.32. The average Bonchev–Trinajstić information content (AvgIpc) is 2.76. The van der Waals surface area contributed by atoms with E-state index < -0.39 is 5.91 Å². The van der Waals surface area contributed by atoms with E-state index in [0.717, 1.165) is 0 Å². The summed E-state index contributed by atoms with van der Waals surface area (Å²) in [5.74, 6) is -0.756. The maximum atomic E-state index is 12.8. The molecular formula is C22H16Cl2N2O4. The van der Waals surface area contributed by atoms with Crippen molar-refractivity contribution in [3.8, 4) is 11.5 Å². The molecule has 3 rings (SSSR count). The Bertz CT molecular complexity index is 1130. The van der Waals surface area contributed by atoms with Crippen LogP contribution in [0, 0.1) is 0 Å². The molecule has 0 bridgehead atoms. The number of ketones is 1. The highest BCUT2D eigenvalue weighted by Crippen LogP contribution is 2.30. The quantitative estimate of drug-likeness (QED) is 0.328. The Kier molecular flexibility index (Phi) is 6.72. The molecule has 0 spiro atoms. The number of aromatic hydroxyl groups is 1. The number of carbonyl (C=O) groups is 2. The van der Waals surface area contributed by atoms with Gasteiger partial charge in [0.25, 0.3) is 5.91 Å². The van der Waals surface area contributed by atoms with Gasteiger partial charge < -0.3 is 9.84 Å². The normalized spacial score (nSPS) is 10.8. The second-order valence-electron chi connectivity index (χ2n) is 6.11. The van der Waals surface area contributed by atoms with Crippen molar-refractivity contribution in [2.24, 2.45) is 5.10 Å². The molecule has 6 nitrogen and oxygen atoms in total. The van der Waals surface area contributed by atoms with E-state index in [2.05, 4.69) is 10.5 Å². The number of rotatable bonds is 6. The van der Waals surface area contributed by atoms with Crippen molar-refractivity contribution in [3.05, 3.63) is 93.0 Å². The molecule has 8 heteroatoms. The van der Waals surface area contributed by atoms with Crippen LogP contribution in [0.2, 0.25) is 10.0 Å². The molecule has 0 aliphatic carbocycles. The molecule has 0 fully saturated rings. The number of ether oxygens (including phenoxy) is 1. The highest BCUT2D eigenvalue weighted by atomic mass is 35.5. The van der Waals surface area contributed by atoms with Gasteiger partial charge in [0.15, 0.2) is 17.3 Å². The lowest BCUT2D eigenvalue weighted by atomic mass is 10.0. The van der Waals surface area contributed by atoms with Crippen molar-refractivity contribution in [1.29, 1.82) is 0 Å². The second kappa shape index (κ2) is 9.43. The summed E-state index contributed by atoms with van der Waals surface area (Å²) in [6, 6.07) is 15.9.